The van der Waals surface area contributed by atoms with Gasteiger partial charge in [-0.05, 0) is 25.0 Å². The number of carbonyl (C=O) groups is 2. The average molecular weight is 371 g/mol. The van der Waals surface area contributed by atoms with Crippen molar-refractivity contribution >= 4 is 11.8 Å². The lowest BCUT2D eigenvalue weighted by molar-refractivity contribution is -0.130. The van der Waals surface area contributed by atoms with Crippen molar-refractivity contribution < 1.29 is 18.5 Å². The zero-order valence-electron chi connectivity index (χ0n) is 15.0. The first-order chi connectivity index (χ1) is 13.1. The van der Waals surface area contributed by atoms with Gasteiger partial charge in [0.2, 0.25) is 11.8 Å². The van der Waals surface area contributed by atoms with Gasteiger partial charge in [-0.25, -0.2) is 4.39 Å². The Labute approximate surface area is 156 Å². The summed E-state index contributed by atoms with van der Waals surface area (Å²) < 4.78 is 19.0. The molecule has 2 aliphatic rings. The third-order valence-electron chi connectivity index (χ3n) is 5.44. The van der Waals surface area contributed by atoms with Crippen LogP contribution in [0.5, 0.6) is 0 Å². The molecule has 6 nitrogen and oxygen atoms in total. The van der Waals surface area contributed by atoms with Crippen LogP contribution in [0.1, 0.15) is 37.9 Å². The normalized spacial score (nSPS) is 20.4. The maximum Gasteiger partial charge on any atom is 0.225 e. The summed E-state index contributed by atoms with van der Waals surface area (Å²) in [6.45, 7) is 0.653. The first-order valence-corrected chi connectivity index (χ1v) is 9.39. The van der Waals surface area contributed by atoms with E-state index >= 15 is 0 Å². The number of nitrogens with zero attached hydrogens (tertiary/aromatic N) is 2. The van der Waals surface area contributed by atoms with Gasteiger partial charge in [-0.3, -0.25) is 9.59 Å². The van der Waals surface area contributed by atoms with Crippen LogP contribution in [0.25, 0.3) is 11.3 Å². The molecule has 1 N–H and O–H groups in total. The first kappa shape index (κ1) is 17.7. The molecule has 2 heterocycles. The van der Waals surface area contributed by atoms with Crippen LogP contribution in [0, 0.1) is 11.7 Å². The minimum atomic E-state index is -0.377. The molecule has 2 aromatic rings. The van der Waals surface area contributed by atoms with Gasteiger partial charge < -0.3 is 14.7 Å². The van der Waals surface area contributed by atoms with Crippen molar-refractivity contribution in [1.82, 2.24) is 15.4 Å². The number of hydrogen-bond donors (Lipinski definition) is 1. The number of amides is 2. The summed E-state index contributed by atoms with van der Waals surface area (Å²) in [6, 6.07) is 8.23. The second kappa shape index (κ2) is 7.50. The summed E-state index contributed by atoms with van der Waals surface area (Å²) in [4.78, 5) is 26.5. The van der Waals surface area contributed by atoms with Gasteiger partial charge in [-0.2, -0.15) is 0 Å². The van der Waals surface area contributed by atoms with Gasteiger partial charge in [-0.15, -0.1) is 0 Å². The Hall–Kier alpha value is -2.70. The predicted octanol–water partition coefficient (Wildman–Crippen LogP) is 2.89. The van der Waals surface area contributed by atoms with Crippen LogP contribution >= 0.6 is 0 Å². The molecule has 7 heteroatoms. The summed E-state index contributed by atoms with van der Waals surface area (Å²) in [6.07, 6.45) is 4.65. The predicted molar refractivity (Wildman–Crippen MR) is 95.8 cm³/mol. The molecule has 0 unspecified atom stereocenters. The molecule has 2 amide bonds. The fourth-order valence-corrected chi connectivity index (χ4v) is 3.99. The molecule has 27 heavy (non-hydrogen) atoms. The van der Waals surface area contributed by atoms with E-state index in [1.54, 1.807) is 24.3 Å². The van der Waals surface area contributed by atoms with Crippen LogP contribution in [-0.2, 0) is 16.1 Å². The molecule has 2 fully saturated rings. The molecule has 0 bridgehead atoms. The van der Waals surface area contributed by atoms with E-state index in [0.29, 0.717) is 29.6 Å². The number of benzene rings is 1. The van der Waals surface area contributed by atoms with Crippen LogP contribution < -0.4 is 5.32 Å². The molecule has 1 saturated carbocycles. The van der Waals surface area contributed by atoms with Crippen molar-refractivity contribution in [2.24, 2.45) is 5.92 Å². The Morgan fingerprint density at radius 1 is 1.30 bits per heavy atom. The van der Waals surface area contributed by atoms with Crippen molar-refractivity contribution in [2.75, 3.05) is 6.54 Å². The topological polar surface area (TPSA) is 75.4 Å². The summed E-state index contributed by atoms with van der Waals surface area (Å²) in [5, 5.41) is 6.68. The average Bonchev–Trinajstić information content (AvgIpc) is 3.40. The van der Waals surface area contributed by atoms with Crippen LogP contribution in [0.3, 0.4) is 0 Å². The van der Waals surface area contributed by atoms with Crippen molar-refractivity contribution in [3.63, 3.8) is 0 Å². The van der Waals surface area contributed by atoms with Gasteiger partial charge >= 0.3 is 0 Å². The number of hydrogen-bond acceptors (Lipinski definition) is 4. The smallest absolute Gasteiger partial charge is 0.225 e. The van der Waals surface area contributed by atoms with Crippen molar-refractivity contribution in [1.29, 1.82) is 0 Å². The highest BCUT2D eigenvalue weighted by Gasteiger charge is 2.38. The number of rotatable bonds is 5. The van der Waals surface area contributed by atoms with Gasteiger partial charge in [0.15, 0.2) is 5.76 Å². The quantitative estimate of drug-likeness (QED) is 0.877. The van der Waals surface area contributed by atoms with Crippen LogP contribution in [0.15, 0.2) is 34.9 Å². The summed E-state index contributed by atoms with van der Waals surface area (Å²) in [5.41, 5.74) is 0.744. The Morgan fingerprint density at radius 3 is 2.85 bits per heavy atom. The van der Waals surface area contributed by atoms with Gasteiger partial charge in [0, 0.05) is 30.6 Å². The number of aromatic nitrogens is 1. The zero-order valence-corrected chi connectivity index (χ0v) is 15.0. The molecule has 1 aromatic heterocycles. The van der Waals surface area contributed by atoms with E-state index < -0.39 is 0 Å². The SMILES string of the molecule is O=C(NCc1cc(-c2ccccc2F)no1)[C@H]1CC(=O)N(C2CCCC2)C1. The summed E-state index contributed by atoms with van der Waals surface area (Å²) in [7, 11) is 0. The van der Waals surface area contributed by atoms with E-state index in [9.17, 15) is 14.0 Å². The lowest BCUT2D eigenvalue weighted by atomic mass is 10.1. The molecule has 0 radical (unpaired) electrons. The van der Waals surface area contributed by atoms with Crippen LogP contribution in [0.2, 0.25) is 0 Å². The highest BCUT2D eigenvalue weighted by atomic mass is 19.1. The molecular weight excluding hydrogens is 349 g/mol. The van der Waals surface area contributed by atoms with Gasteiger partial charge in [-0.1, -0.05) is 30.1 Å². The van der Waals surface area contributed by atoms with E-state index in [2.05, 4.69) is 10.5 Å². The van der Waals surface area contributed by atoms with Crippen molar-refractivity contribution in [2.45, 2.75) is 44.7 Å². The maximum atomic E-state index is 13.8. The third kappa shape index (κ3) is 3.72. The minimum Gasteiger partial charge on any atom is -0.359 e. The Bertz CT molecular complexity index is 845. The number of likely N-dealkylation sites (tertiary alicyclic amines) is 1. The zero-order chi connectivity index (χ0) is 18.8. The summed E-state index contributed by atoms with van der Waals surface area (Å²) in [5.74, 6) is -0.347. The molecule has 1 aliphatic carbocycles. The highest BCUT2D eigenvalue weighted by molar-refractivity contribution is 5.89. The summed E-state index contributed by atoms with van der Waals surface area (Å²) >= 11 is 0. The fourth-order valence-electron chi connectivity index (χ4n) is 3.99. The Kier molecular flexibility index (Phi) is 4.92. The molecular formula is C20H22FN3O3. The van der Waals surface area contributed by atoms with E-state index in [1.165, 1.54) is 6.07 Å². The third-order valence-corrected chi connectivity index (χ3v) is 5.44. The molecule has 142 valence electrons. The lowest BCUT2D eigenvalue weighted by Crippen LogP contribution is -2.36. The Morgan fingerprint density at radius 2 is 2.07 bits per heavy atom. The van der Waals surface area contributed by atoms with Crippen LogP contribution in [0.4, 0.5) is 4.39 Å². The van der Waals surface area contributed by atoms with E-state index in [-0.39, 0.29) is 36.5 Å². The van der Waals surface area contributed by atoms with Crippen molar-refractivity contribution in [3.05, 3.63) is 41.9 Å². The van der Waals surface area contributed by atoms with Gasteiger partial charge in [0.1, 0.15) is 11.5 Å². The van der Waals surface area contributed by atoms with Gasteiger partial charge in [0.25, 0.3) is 0 Å². The second-order valence-electron chi connectivity index (χ2n) is 7.26. The van der Waals surface area contributed by atoms with Crippen LogP contribution in [-0.4, -0.2) is 34.5 Å². The largest absolute Gasteiger partial charge is 0.359 e. The van der Waals surface area contributed by atoms with Crippen molar-refractivity contribution in [3.8, 4) is 11.3 Å². The maximum absolute atomic E-state index is 13.8. The second-order valence-corrected chi connectivity index (χ2v) is 7.26. The fraction of sp³-hybridized carbons (Fsp3) is 0.450. The number of halogens is 1. The monoisotopic (exact) mass is 371 g/mol. The van der Waals surface area contributed by atoms with E-state index in [0.717, 1.165) is 25.7 Å². The molecule has 1 atom stereocenters. The number of carbonyl (C=O) groups excluding carboxylic acids is 2. The lowest BCUT2D eigenvalue weighted by Gasteiger charge is -2.23. The number of nitrogens with one attached hydrogen (secondary N) is 1. The molecule has 4 rings (SSSR count). The molecule has 1 aliphatic heterocycles. The minimum absolute atomic E-state index is 0.0727. The van der Waals surface area contributed by atoms with E-state index in [4.69, 9.17) is 4.52 Å². The highest BCUT2D eigenvalue weighted by Crippen LogP contribution is 2.29. The van der Waals surface area contributed by atoms with Gasteiger partial charge in [0.05, 0.1) is 12.5 Å². The molecule has 0 spiro atoms. The Balaban J connectivity index is 1.33. The first-order valence-electron chi connectivity index (χ1n) is 9.39. The molecule has 1 aromatic carbocycles. The molecule has 1 saturated heterocycles. The standard InChI is InChI=1S/C20H22FN3O3/c21-17-8-4-3-7-16(17)18-10-15(27-23-18)11-22-20(26)13-9-19(25)24(12-13)14-5-1-2-6-14/h3-4,7-8,10,13-14H,1-2,5-6,9,11-12H2,(H,22,26)/t13-/m0/s1. The van der Waals surface area contributed by atoms with E-state index in [1.807, 2.05) is 4.90 Å².